The molecule has 1 aromatic carbocycles. The number of halogens is 3. The van der Waals surface area contributed by atoms with Crippen molar-refractivity contribution in [3.05, 3.63) is 54.0 Å². The van der Waals surface area contributed by atoms with Crippen LogP contribution in [-0.4, -0.2) is 30.3 Å². The summed E-state index contributed by atoms with van der Waals surface area (Å²) in [4.78, 5) is 23.2. The third-order valence-corrected chi connectivity index (χ3v) is 3.20. The zero-order valence-corrected chi connectivity index (χ0v) is 12.3. The molecule has 1 amide bonds. The van der Waals surface area contributed by atoms with E-state index in [1.54, 1.807) is 0 Å². The predicted molar refractivity (Wildman–Crippen MR) is 75.1 cm³/mol. The van der Waals surface area contributed by atoms with Gasteiger partial charge in [0.15, 0.2) is 5.76 Å². The van der Waals surface area contributed by atoms with Crippen LogP contribution in [0.15, 0.2) is 47.1 Å². The van der Waals surface area contributed by atoms with Crippen LogP contribution >= 0.6 is 0 Å². The van der Waals surface area contributed by atoms with E-state index < -0.39 is 29.2 Å². The monoisotopic (exact) mass is 343 g/mol. The number of methoxy groups -OCH3 is 1. The summed E-state index contributed by atoms with van der Waals surface area (Å²) < 4.78 is 48.2. The number of amides is 1. The second-order valence-corrected chi connectivity index (χ2v) is 4.71. The molecule has 0 saturated heterocycles. The SMILES string of the molecule is COC(=O)C(O)(c1ccc(NC(=O)c2ccco2)cc1)C(F)(F)F. The van der Waals surface area contributed by atoms with Gasteiger partial charge in [-0.25, -0.2) is 4.79 Å². The van der Waals surface area contributed by atoms with Gasteiger partial charge in [-0.3, -0.25) is 4.79 Å². The number of carbonyl (C=O) groups is 2. The van der Waals surface area contributed by atoms with E-state index in [4.69, 9.17) is 4.42 Å². The van der Waals surface area contributed by atoms with Crippen molar-refractivity contribution in [1.29, 1.82) is 0 Å². The molecule has 1 unspecified atom stereocenters. The summed E-state index contributed by atoms with van der Waals surface area (Å²) in [7, 11) is 0.733. The van der Waals surface area contributed by atoms with Gasteiger partial charge in [0.25, 0.3) is 11.5 Å². The number of carbonyl (C=O) groups excluding carboxylic acids is 2. The van der Waals surface area contributed by atoms with Gasteiger partial charge in [-0.05, 0) is 24.3 Å². The van der Waals surface area contributed by atoms with Crippen LogP contribution in [0.5, 0.6) is 0 Å². The number of alkyl halides is 3. The summed E-state index contributed by atoms with van der Waals surface area (Å²) in [5, 5.41) is 12.2. The highest BCUT2D eigenvalue weighted by Gasteiger charge is 2.62. The third-order valence-electron chi connectivity index (χ3n) is 3.20. The Balaban J connectivity index is 2.27. The standard InChI is InChI=1S/C15H12F3NO5/c1-23-13(21)14(22,15(16,17)18)9-4-6-10(7-5-9)19-12(20)11-3-2-8-24-11/h2-8,22H,1H3,(H,19,20). The van der Waals surface area contributed by atoms with Crippen LogP contribution in [0.4, 0.5) is 18.9 Å². The van der Waals surface area contributed by atoms with Crippen molar-refractivity contribution >= 4 is 17.6 Å². The van der Waals surface area contributed by atoms with Crippen molar-refractivity contribution in [3.8, 4) is 0 Å². The normalized spacial score (nSPS) is 13.9. The highest BCUT2D eigenvalue weighted by atomic mass is 19.4. The Labute approximate surface area is 133 Å². The van der Waals surface area contributed by atoms with E-state index in [2.05, 4.69) is 10.1 Å². The summed E-state index contributed by atoms with van der Waals surface area (Å²) in [6.07, 6.45) is -3.99. The molecule has 0 spiro atoms. The van der Waals surface area contributed by atoms with Crippen LogP contribution in [0, 0.1) is 0 Å². The molecule has 0 bridgehead atoms. The maximum Gasteiger partial charge on any atom is 0.432 e. The molecule has 24 heavy (non-hydrogen) atoms. The van der Waals surface area contributed by atoms with Crippen molar-refractivity contribution in [1.82, 2.24) is 0 Å². The highest BCUT2D eigenvalue weighted by molar-refractivity contribution is 6.02. The topological polar surface area (TPSA) is 88.8 Å². The van der Waals surface area contributed by atoms with Gasteiger partial charge in [-0.15, -0.1) is 0 Å². The minimum atomic E-state index is -5.28. The molecule has 0 aliphatic heterocycles. The molecule has 1 atom stereocenters. The van der Waals surface area contributed by atoms with Crippen LogP contribution in [0.25, 0.3) is 0 Å². The van der Waals surface area contributed by atoms with Crippen LogP contribution in [0.2, 0.25) is 0 Å². The van der Waals surface area contributed by atoms with Crippen molar-refractivity contribution in [2.24, 2.45) is 0 Å². The van der Waals surface area contributed by atoms with Crippen LogP contribution in [0.1, 0.15) is 16.1 Å². The first kappa shape index (κ1) is 17.5. The summed E-state index contributed by atoms with van der Waals surface area (Å²) in [5.41, 5.74) is -4.39. The van der Waals surface area contributed by atoms with Gasteiger partial charge in [0, 0.05) is 11.3 Å². The number of ether oxygens (including phenoxy) is 1. The Morgan fingerprint density at radius 1 is 1.17 bits per heavy atom. The fourth-order valence-corrected chi connectivity index (χ4v) is 1.94. The second kappa shape index (κ2) is 6.36. The van der Waals surface area contributed by atoms with E-state index >= 15 is 0 Å². The number of rotatable bonds is 4. The maximum atomic E-state index is 13.1. The Hall–Kier alpha value is -2.81. The van der Waals surface area contributed by atoms with Crippen LogP contribution in [0.3, 0.4) is 0 Å². The van der Waals surface area contributed by atoms with Gasteiger partial charge in [0.2, 0.25) is 0 Å². The number of benzene rings is 1. The Bertz CT molecular complexity index is 725. The van der Waals surface area contributed by atoms with Crippen molar-refractivity contribution in [2.75, 3.05) is 12.4 Å². The molecule has 0 fully saturated rings. The van der Waals surface area contributed by atoms with E-state index in [9.17, 15) is 27.9 Å². The lowest BCUT2D eigenvalue weighted by atomic mass is 9.93. The van der Waals surface area contributed by atoms with E-state index in [1.807, 2.05) is 0 Å². The first-order valence-corrected chi connectivity index (χ1v) is 6.53. The molecule has 128 valence electrons. The van der Waals surface area contributed by atoms with E-state index in [0.29, 0.717) is 0 Å². The summed E-state index contributed by atoms with van der Waals surface area (Å²) >= 11 is 0. The highest BCUT2D eigenvalue weighted by Crippen LogP contribution is 2.40. The quantitative estimate of drug-likeness (QED) is 0.833. The molecule has 2 rings (SSSR count). The fraction of sp³-hybridized carbons (Fsp3) is 0.200. The van der Waals surface area contributed by atoms with Crippen molar-refractivity contribution < 1.29 is 37.0 Å². The predicted octanol–water partition coefficient (Wildman–Crippen LogP) is 2.45. The number of esters is 1. The average molecular weight is 343 g/mol. The molecule has 1 heterocycles. The minimum Gasteiger partial charge on any atom is -0.466 e. The number of hydrogen-bond acceptors (Lipinski definition) is 5. The molecule has 6 nitrogen and oxygen atoms in total. The first-order valence-electron chi connectivity index (χ1n) is 6.53. The first-order chi connectivity index (χ1) is 11.2. The summed E-state index contributed by atoms with van der Waals surface area (Å²) in [6, 6.07) is 6.84. The van der Waals surface area contributed by atoms with E-state index in [-0.39, 0.29) is 11.4 Å². The molecular formula is C15H12F3NO5. The largest absolute Gasteiger partial charge is 0.466 e. The molecule has 2 N–H and O–H groups in total. The third kappa shape index (κ3) is 3.11. The Kier molecular flexibility index (Phi) is 4.65. The molecule has 0 radical (unpaired) electrons. The molecular weight excluding hydrogens is 331 g/mol. The van der Waals surface area contributed by atoms with Crippen LogP contribution in [-0.2, 0) is 15.1 Å². The zero-order chi connectivity index (χ0) is 18.0. The second-order valence-electron chi connectivity index (χ2n) is 4.71. The molecule has 0 saturated carbocycles. The molecule has 9 heteroatoms. The molecule has 2 aromatic rings. The summed E-state index contributed by atoms with van der Waals surface area (Å²) in [5.74, 6) is -2.45. The Morgan fingerprint density at radius 3 is 2.25 bits per heavy atom. The minimum absolute atomic E-state index is 0.0143. The molecule has 1 aromatic heterocycles. The number of furan rings is 1. The Morgan fingerprint density at radius 2 is 1.79 bits per heavy atom. The number of nitrogens with one attached hydrogen (secondary N) is 1. The van der Waals surface area contributed by atoms with Gasteiger partial charge in [-0.2, -0.15) is 13.2 Å². The number of hydrogen-bond donors (Lipinski definition) is 2. The van der Waals surface area contributed by atoms with Gasteiger partial charge in [-0.1, -0.05) is 12.1 Å². The van der Waals surface area contributed by atoms with E-state index in [1.165, 1.54) is 18.4 Å². The average Bonchev–Trinajstić information content (AvgIpc) is 3.07. The lowest BCUT2D eigenvalue weighted by Gasteiger charge is -2.28. The smallest absolute Gasteiger partial charge is 0.432 e. The summed E-state index contributed by atoms with van der Waals surface area (Å²) in [6.45, 7) is 0. The lowest BCUT2D eigenvalue weighted by molar-refractivity contribution is -0.266. The maximum absolute atomic E-state index is 13.1. The fourth-order valence-electron chi connectivity index (χ4n) is 1.94. The van der Waals surface area contributed by atoms with Crippen LogP contribution < -0.4 is 5.32 Å². The van der Waals surface area contributed by atoms with Crippen molar-refractivity contribution in [2.45, 2.75) is 11.8 Å². The zero-order valence-electron chi connectivity index (χ0n) is 12.3. The molecule has 0 aliphatic rings. The number of anilines is 1. The molecule has 0 aliphatic carbocycles. The number of aliphatic hydroxyl groups is 1. The van der Waals surface area contributed by atoms with Gasteiger partial charge < -0.3 is 19.6 Å². The van der Waals surface area contributed by atoms with Gasteiger partial charge in [0.05, 0.1) is 13.4 Å². The van der Waals surface area contributed by atoms with E-state index in [0.717, 1.165) is 31.4 Å². The van der Waals surface area contributed by atoms with Gasteiger partial charge in [0.1, 0.15) is 0 Å². The van der Waals surface area contributed by atoms with Crippen molar-refractivity contribution in [3.63, 3.8) is 0 Å². The van der Waals surface area contributed by atoms with Gasteiger partial charge >= 0.3 is 12.1 Å². The lowest BCUT2D eigenvalue weighted by Crippen LogP contribution is -2.49.